The highest BCUT2D eigenvalue weighted by Gasteiger charge is 2.27. The van der Waals surface area contributed by atoms with Crippen molar-refractivity contribution < 1.29 is 18.4 Å². The van der Waals surface area contributed by atoms with Gasteiger partial charge in [-0.2, -0.15) is 0 Å². The van der Waals surface area contributed by atoms with E-state index < -0.39 is 11.3 Å². The van der Waals surface area contributed by atoms with Crippen LogP contribution >= 0.6 is 11.8 Å². The fourth-order valence-electron chi connectivity index (χ4n) is 3.50. The Morgan fingerprint density at radius 1 is 1.24 bits per heavy atom. The Kier molecular flexibility index (Phi) is 7.65. The molecular formula is C22H25N5O4S2. The molecule has 11 heteroatoms. The monoisotopic (exact) mass is 487 g/mol. The lowest BCUT2D eigenvalue weighted by Gasteiger charge is -2.22. The maximum absolute atomic E-state index is 12.8. The van der Waals surface area contributed by atoms with Gasteiger partial charge < -0.3 is 15.5 Å². The minimum absolute atomic E-state index is 0.0432. The second kappa shape index (κ2) is 10.8. The standard InChI is InChI=1S/C22H25N5O4S2/c1-14-23-21(31-26-14)12-20(28)24-18(11-15-7-9-17(10-8-15)27-33(29)30)19-13-32-22(25-19)16-5-3-2-4-6-16/h2-10,13-14,18,22,25-27H,11-12H2,1H3,(H,24,28)(H,29,30)/t14?,18-,22?/m0/s1. The molecule has 2 aliphatic rings. The van der Waals surface area contributed by atoms with Crippen LogP contribution in [0.25, 0.3) is 0 Å². The number of rotatable bonds is 9. The summed E-state index contributed by atoms with van der Waals surface area (Å²) < 4.78 is 22.4. The van der Waals surface area contributed by atoms with E-state index in [2.05, 4.69) is 38.0 Å². The number of aliphatic imine (C=N–C) groups is 1. The third-order valence-electron chi connectivity index (χ3n) is 5.04. The Balaban J connectivity index is 1.46. The number of amides is 1. The fraction of sp³-hybridized carbons (Fsp3) is 0.273. The Hall–Kier alpha value is -2.86. The molecule has 3 unspecified atom stereocenters. The summed E-state index contributed by atoms with van der Waals surface area (Å²) in [5.74, 6) is 0.163. The topological polar surface area (TPSA) is 124 Å². The van der Waals surface area contributed by atoms with Crippen LogP contribution in [0.5, 0.6) is 0 Å². The number of carbonyl (C=O) groups is 1. The molecule has 0 aliphatic carbocycles. The van der Waals surface area contributed by atoms with E-state index in [-0.39, 0.29) is 29.9 Å². The van der Waals surface area contributed by atoms with Gasteiger partial charge in [0.05, 0.1) is 6.04 Å². The van der Waals surface area contributed by atoms with Gasteiger partial charge in [-0.05, 0) is 42.0 Å². The quantitative estimate of drug-likeness (QED) is 0.345. The van der Waals surface area contributed by atoms with Gasteiger partial charge in [0.15, 0.2) is 0 Å². The number of anilines is 1. The first-order valence-corrected chi connectivity index (χ1v) is 12.4. The third-order valence-corrected chi connectivity index (χ3v) is 6.50. The molecule has 0 radical (unpaired) electrons. The SMILES string of the molecule is CC1N=C(CC(=O)N[C@@H](Cc2ccc(NS(=O)O)cc2)C2=CSC(c3ccccc3)N2)ON1. The molecule has 2 aromatic rings. The minimum Gasteiger partial charge on any atom is -0.391 e. The smallest absolute Gasteiger partial charge is 0.259 e. The normalized spacial score (nSPS) is 21.3. The second-order valence-electron chi connectivity index (χ2n) is 7.61. The highest BCUT2D eigenvalue weighted by molar-refractivity contribution is 8.02. The van der Waals surface area contributed by atoms with Crippen LogP contribution in [0.15, 0.2) is 70.7 Å². The average molecular weight is 488 g/mol. The van der Waals surface area contributed by atoms with Gasteiger partial charge in [-0.25, -0.2) is 9.20 Å². The van der Waals surface area contributed by atoms with Crippen molar-refractivity contribution in [3.63, 3.8) is 0 Å². The van der Waals surface area contributed by atoms with E-state index in [0.29, 0.717) is 18.0 Å². The number of thioether (sulfide) groups is 1. The summed E-state index contributed by atoms with van der Waals surface area (Å²) in [6.07, 6.45) is 0.407. The van der Waals surface area contributed by atoms with Gasteiger partial charge in [0.25, 0.3) is 11.3 Å². The van der Waals surface area contributed by atoms with Gasteiger partial charge in [0.2, 0.25) is 11.8 Å². The molecule has 0 saturated heterocycles. The molecule has 0 fully saturated rings. The Morgan fingerprint density at radius 3 is 2.67 bits per heavy atom. The van der Waals surface area contributed by atoms with Crippen molar-refractivity contribution in [2.75, 3.05) is 4.72 Å². The first-order valence-electron chi connectivity index (χ1n) is 10.4. The average Bonchev–Trinajstić information content (AvgIpc) is 3.44. The van der Waals surface area contributed by atoms with Gasteiger partial charge in [-0.1, -0.05) is 42.5 Å². The first-order chi connectivity index (χ1) is 16.0. The molecule has 0 aromatic heterocycles. The molecule has 2 aliphatic heterocycles. The lowest BCUT2D eigenvalue weighted by atomic mass is 10.0. The highest BCUT2D eigenvalue weighted by atomic mass is 32.2. The van der Waals surface area contributed by atoms with Crippen LogP contribution in [-0.2, 0) is 27.3 Å². The third kappa shape index (κ3) is 6.57. The summed E-state index contributed by atoms with van der Waals surface area (Å²) in [6.45, 7) is 1.84. The summed E-state index contributed by atoms with van der Waals surface area (Å²) >= 11 is -0.471. The number of hydroxylamine groups is 1. The molecule has 0 saturated carbocycles. The van der Waals surface area contributed by atoms with Crippen LogP contribution in [0.2, 0.25) is 0 Å². The zero-order chi connectivity index (χ0) is 23.2. The zero-order valence-corrected chi connectivity index (χ0v) is 19.5. The van der Waals surface area contributed by atoms with E-state index >= 15 is 0 Å². The Labute approximate surface area is 198 Å². The molecule has 0 spiro atoms. The van der Waals surface area contributed by atoms with Crippen molar-refractivity contribution in [1.29, 1.82) is 0 Å². The summed E-state index contributed by atoms with van der Waals surface area (Å²) in [5, 5.41) is 8.72. The lowest BCUT2D eigenvalue weighted by molar-refractivity contribution is -0.120. The number of hydrogen-bond donors (Lipinski definition) is 5. The highest BCUT2D eigenvalue weighted by Crippen LogP contribution is 2.35. The van der Waals surface area contributed by atoms with Crippen LogP contribution < -0.4 is 20.8 Å². The summed E-state index contributed by atoms with van der Waals surface area (Å²) in [5.41, 5.74) is 6.29. The van der Waals surface area contributed by atoms with Crippen molar-refractivity contribution in [3.05, 3.63) is 76.8 Å². The molecule has 0 bridgehead atoms. The molecule has 174 valence electrons. The molecule has 1 amide bonds. The summed E-state index contributed by atoms with van der Waals surface area (Å²) in [6, 6.07) is 17.0. The molecule has 2 heterocycles. The van der Waals surface area contributed by atoms with Gasteiger partial charge >= 0.3 is 0 Å². The van der Waals surface area contributed by atoms with Crippen LogP contribution in [0.1, 0.15) is 29.8 Å². The van der Waals surface area contributed by atoms with Crippen molar-refractivity contribution in [2.24, 2.45) is 4.99 Å². The van der Waals surface area contributed by atoms with E-state index in [1.165, 1.54) is 0 Å². The maximum atomic E-state index is 12.8. The van der Waals surface area contributed by atoms with E-state index in [1.54, 1.807) is 23.9 Å². The summed E-state index contributed by atoms with van der Waals surface area (Å²) in [4.78, 5) is 22.2. The summed E-state index contributed by atoms with van der Waals surface area (Å²) in [7, 11) is 0. The van der Waals surface area contributed by atoms with Crippen molar-refractivity contribution in [1.82, 2.24) is 16.1 Å². The molecule has 5 N–H and O–H groups in total. The lowest BCUT2D eigenvalue weighted by Crippen LogP contribution is -2.41. The van der Waals surface area contributed by atoms with Gasteiger partial charge in [0, 0.05) is 11.4 Å². The molecule has 2 aromatic carbocycles. The minimum atomic E-state index is -2.13. The van der Waals surface area contributed by atoms with Crippen LogP contribution in [0.3, 0.4) is 0 Å². The Bertz CT molecular complexity index is 1060. The molecule has 4 atom stereocenters. The van der Waals surface area contributed by atoms with Gasteiger partial charge in [-0.15, -0.1) is 17.2 Å². The molecule has 4 rings (SSSR count). The fourth-order valence-corrected chi connectivity index (χ4v) is 4.87. The van der Waals surface area contributed by atoms with Gasteiger partial charge in [0.1, 0.15) is 18.0 Å². The molecule has 33 heavy (non-hydrogen) atoms. The van der Waals surface area contributed by atoms with E-state index in [0.717, 1.165) is 16.8 Å². The van der Waals surface area contributed by atoms with Crippen LogP contribution in [0.4, 0.5) is 5.69 Å². The van der Waals surface area contributed by atoms with Crippen LogP contribution in [-0.4, -0.2) is 32.8 Å². The molecular weight excluding hydrogens is 462 g/mol. The first kappa shape index (κ1) is 23.3. The number of nitrogens with zero attached hydrogens (tertiary/aromatic N) is 1. The number of benzene rings is 2. The molecule has 9 nitrogen and oxygen atoms in total. The van der Waals surface area contributed by atoms with Crippen molar-refractivity contribution in [2.45, 2.75) is 37.3 Å². The number of carbonyl (C=O) groups excluding carboxylic acids is 1. The predicted octanol–water partition coefficient (Wildman–Crippen LogP) is 2.81. The van der Waals surface area contributed by atoms with E-state index in [4.69, 9.17) is 9.39 Å². The van der Waals surface area contributed by atoms with Crippen LogP contribution in [0, 0.1) is 0 Å². The van der Waals surface area contributed by atoms with E-state index in [9.17, 15) is 9.00 Å². The number of nitrogens with one attached hydrogen (secondary N) is 4. The predicted molar refractivity (Wildman–Crippen MR) is 130 cm³/mol. The van der Waals surface area contributed by atoms with E-state index in [1.807, 2.05) is 42.7 Å². The Morgan fingerprint density at radius 2 is 2.00 bits per heavy atom. The van der Waals surface area contributed by atoms with Gasteiger partial charge in [-0.3, -0.25) is 14.1 Å². The number of hydrogen-bond acceptors (Lipinski definition) is 7. The van der Waals surface area contributed by atoms with Crippen molar-refractivity contribution >= 4 is 40.5 Å². The second-order valence-corrected chi connectivity index (χ2v) is 9.29. The van der Waals surface area contributed by atoms with Crippen molar-refractivity contribution in [3.8, 4) is 0 Å². The zero-order valence-electron chi connectivity index (χ0n) is 17.9. The maximum Gasteiger partial charge on any atom is 0.259 e. The largest absolute Gasteiger partial charge is 0.391 e.